The predicted octanol–water partition coefficient (Wildman–Crippen LogP) is 2.54. The fourth-order valence-electron chi connectivity index (χ4n) is 1.79. The first-order valence-corrected chi connectivity index (χ1v) is 7.74. The van der Waals surface area contributed by atoms with Gasteiger partial charge in [-0.2, -0.15) is 0 Å². The number of carbonyl (C=O) groups is 1. The first-order chi connectivity index (χ1) is 10.0. The van der Waals surface area contributed by atoms with Crippen LogP contribution in [-0.4, -0.2) is 51.7 Å². The fraction of sp³-hybridized carbons (Fsp3) is 0.533. The van der Waals surface area contributed by atoms with Gasteiger partial charge in [-0.25, -0.2) is 0 Å². The summed E-state index contributed by atoms with van der Waals surface area (Å²) in [4.78, 5) is 14.0. The Morgan fingerprint density at radius 2 is 2.14 bits per heavy atom. The number of hydrogen-bond donors (Lipinski definition) is 1. The number of ether oxygens (including phenoxy) is 2. The van der Waals surface area contributed by atoms with Crippen LogP contribution in [0.4, 0.5) is 0 Å². The minimum Gasteiger partial charge on any atom is -0.493 e. The van der Waals surface area contributed by atoms with Crippen LogP contribution >= 0.6 is 15.9 Å². The molecule has 0 aromatic heterocycles. The molecule has 1 N–H and O–H groups in total. The lowest BCUT2D eigenvalue weighted by Gasteiger charge is -2.19. The van der Waals surface area contributed by atoms with Crippen LogP contribution in [0.25, 0.3) is 0 Å². The van der Waals surface area contributed by atoms with Crippen LogP contribution in [0.1, 0.15) is 23.7 Å². The van der Waals surface area contributed by atoms with Crippen molar-refractivity contribution < 1.29 is 14.3 Å². The van der Waals surface area contributed by atoms with Gasteiger partial charge in [0.05, 0.1) is 18.2 Å². The second kappa shape index (κ2) is 8.89. The molecule has 0 aliphatic rings. The highest BCUT2D eigenvalue weighted by atomic mass is 79.9. The first-order valence-electron chi connectivity index (χ1n) is 6.95. The molecule has 0 heterocycles. The molecule has 0 aliphatic heterocycles. The molecule has 0 saturated heterocycles. The normalized spacial score (nSPS) is 10.3. The summed E-state index contributed by atoms with van der Waals surface area (Å²) in [5.41, 5.74) is 0.571. The standard InChI is InChI=1S/C15H23BrN2O3/c1-5-8-21-14-12(16)9-11(10-13(14)20-4)15(19)18(3)7-6-17-2/h9-10,17H,5-8H2,1-4H3. The zero-order chi connectivity index (χ0) is 15.8. The molecule has 0 unspecified atom stereocenters. The number of benzene rings is 1. The summed E-state index contributed by atoms with van der Waals surface area (Å²) in [5.74, 6) is 1.14. The third-order valence-corrected chi connectivity index (χ3v) is 3.56. The van der Waals surface area contributed by atoms with Gasteiger partial charge in [-0.05, 0) is 41.5 Å². The molecule has 0 bridgehead atoms. The number of rotatable bonds is 8. The summed E-state index contributed by atoms with van der Waals surface area (Å²) in [7, 11) is 5.21. The van der Waals surface area contributed by atoms with E-state index in [4.69, 9.17) is 9.47 Å². The van der Waals surface area contributed by atoms with Crippen LogP contribution < -0.4 is 14.8 Å². The van der Waals surface area contributed by atoms with Gasteiger partial charge < -0.3 is 19.7 Å². The highest BCUT2D eigenvalue weighted by molar-refractivity contribution is 9.10. The van der Waals surface area contributed by atoms with Crippen LogP contribution in [0.15, 0.2) is 16.6 Å². The number of hydrogen-bond acceptors (Lipinski definition) is 4. The van der Waals surface area contributed by atoms with Crippen molar-refractivity contribution in [3.63, 3.8) is 0 Å². The molecule has 1 aromatic carbocycles. The Labute approximate surface area is 134 Å². The Hall–Kier alpha value is -1.27. The van der Waals surface area contributed by atoms with Crippen molar-refractivity contribution in [3.8, 4) is 11.5 Å². The molecule has 1 aromatic rings. The average Bonchev–Trinajstić information content (AvgIpc) is 2.49. The zero-order valence-electron chi connectivity index (χ0n) is 13.0. The van der Waals surface area contributed by atoms with Gasteiger partial charge in [0.2, 0.25) is 0 Å². The maximum atomic E-state index is 12.4. The van der Waals surface area contributed by atoms with E-state index in [0.29, 0.717) is 30.2 Å². The van der Waals surface area contributed by atoms with E-state index in [1.807, 2.05) is 14.0 Å². The molecule has 118 valence electrons. The number of nitrogens with one attached hydrogen (secondary N) is 1. The van der Waals surface area contributed by atoms with Gasteiger partial charge in [0.1, 0.15) is 0 Å². The van der Waals surface area contributed by atoms with E-state index in [9.17, 15) is 4.79 Å². The third-order valence-electron chi connectivity index (χ3n) is 2.97. The molecular formula is C15H23BrN2O3. The van der Waals surface area contributed by atoms with Crippen LogP contribution in [0.5, 0.6) is 11.5 Å². The van der Waals surface area contributed by atoms with Crippen molar-refractivity contribution in [2.45, 2.75) is 13.3 Å². The third kappa shape index (κ3) is 4.89. The molecule has 1 amide bonds. The SMILES string of the molecule is CCCOc1c(Br)cc(C(=O)N(C)CCNC)cc1OC. The molecule has 5 nitrogen and oxygen atoms in total. The maximum Gasteiger partial charge on any atom is 0.253 e. The predicted molar refractivity (Wildman–Crippen MR) is 87.4 cm³/mol. The Kier molecular flexibility index (Phi) is 7.53. The van der Waals surface area contributed by atoms with Gasteiger partial charge in [-0.15, -0.1) is 0 Å². The molecule has 6 heteroatoms. The second-order valence-corrected chi connectivity index (χ2v) is 5.52. The van der Waals surface area contributed by atoms with Crippen molar-refractivity contribution in [2.75, 3.05) is 40.9 Å². The lowest BCUT2D eigenvalue weighted by molar-refractivity contribution is 0.0796. The smallest absolute Gasteiger partial charge is 0.253 e. The number of methoxy groups -OCH3 is 1. The Balaban J connectivity index is 2.99. The molecule has 1 rings (SSSR count). The van der Waals surface area contributed by atoms with Gasteiger partial charge in [0.25, 0.3) is 5.91 Å². The Bertz CT molecular complexity index is 480. The number of likely N-dealkylation sites (N-methyl/N-ethyl adjacent to an activating group) is 2. The Morgan fingerprint density at radius 3 is 2.71 bits per heavy atom. The lowest BCUT2D eigenvalue weighted by atomic mass is 10.1. The number of carbonyl (C=O) groups excluding carboxylic acids is 1. The number of nitrogens with zero attached hydrogens (tertiary/aromatic N) is 1. The lowest BCUT2D eigenvalue weighted by Crippen LogP contribution is -2.32. The minimum absolute atomic E-state index is 0.0497. The van der Waals surface area contributed by atoms with E-state index >= 15 is 0 Å². The number of amides is 1. The minimum atomic E-state index is -0.0497. The highest BCUT2D eigenvalue weighted by Gasteiger charge is 2.17. The summed E-state index contributed by atoms with van der Waals surface area (Å²) >= 11 is 3.45. The van der Waals surface area contributed by atoms with E-state index in [0.717, 1.165) is 17.4 Å². The molecular weight excluding hydrogens is 336 g/mol. The molecule has 0 atom stereocenters. The van der Waals surface area contributed by atoms with Crippen molar-refractivity contribution in [3.05, 3.63) is 22.2 Å². The first kappa shape index (κ1) is 17.8. The van der Waals surface area contributed by atoms with Gasteiger partial charge in [0.15, 0.2) is 11.5 Å². The monoisotopic (exact) mass is 358 g/mol. The van der Waals surface area contributed by atoms with Gasteiger partial charge in [0, 0.05) is 25.7 Å². The van der Waals surface area contributed by atoms with E-state index < -0.39 is 0 Å². The summed E-state index contributed by atoms with van der Waals surface area (Å²) in [5, 5.41) is 3.02. The van der Waals surface area contributed by atoms with Crippen LogP contribution in [-0.2, 0) is 0 Å². The topological polar surface area (TPSA) is 50.8 Å². The zero-order valence-corrected chi connectivity index (χ0v) is 14.6. The summed E-state index contributed by atoms with van der Waals surface area (Å²) in [6.45, 7) is 4.03. The molecule has 0 radical (unpaired) electrons. The molecule has 0 saturated carbocycles. The summed E-state index contributed by atoms with van der Waals surface area (Å²) < 4.78 is 11.7. The highest BCUT2D eigenvalue weighted by Crippen LogP contribution is 2.37. The van der Waals surface area contributed by atoms with Crippen molar-refractivity contribution in [1.82, 2.24) is 10.2 Å². The van der Waals surface area contributed by atoms with Crippen LogP contribution in [0.3, 0.4) is 0 Å². The van der Waals surface area contributed by atoms with E-state index in [1.54, 1.807) is 31.2 Å². The van der Waals surface area contributed by atoms with Gasteiger partial charge in [-0.3, -0.25) is 4.79 Å². The van der Waals surface area contributed by atoms with Crippen molar-refractivity contribution in [1.29, 1.82) is 0 Å². The summed E-state index contributed by atoms with van der Waals surface area (Å²) in [6.07, 6.45) is 0.906. The van der Waals surface area contributed by atoms with Crippen LogP contribution in [0.2, 0.25) is 0 Å². The van der Waals surface area contributed by atoms with Crippen molar-refractivity contribution in [2.24, 2.45) is 0 Å². The molecule has 0 spiro atoms. The van der Waals surface area contributed by atoms with Gasteiger partial charge >= 0.3 is 0 Å². The molecule has 21 heavy (non-hydrogen) atoms. The van der Waals surface area contributed by atoms with Crippen LogP contribution in [0, 0.1) is 0 Å². The van der Waals surface area contributed by atoms with E-state index in [1.165, 1.54) is 0 Å². The fourth-order valence-corrected chi connectivity index (χ4v) is 2.35. The summed E-state index contributed by atoms with van der Waals surface area (Å²) in [6, 6.07) is 3.49. The largest absolute Gasteiger partial charge is 0.493 e. The average molecular weight is 359 g/mol. The van der Waals surface area contributed by atoms with Crippen molar-refractivity contribution >= 4 is 21.8 Å². The quantitative estimate of drug-likeness (QED) is 0.775. The second-order valence-electron chi connectivity index (χ2n) is 4.67. The van der Waals surface area contributed by atoms with E-state index in [2.05, 4.69) is 21.2 Å². The molecule has 0 aliphatic carbocycles. The maximum absolute atomic E-state index is 12.4. The number of halogens is 1. The van der Waals surface area contributed by atoms with Gasteiger partial charge in [-0.1, -0.05) is 6.92 Å². The van der Waals surface area contributed by atoms with E-state index in [-0.39, 0.29) is 5.91 Å². The Morgan fingerprint density at radius 1 is 1.43 bits per heavy atom. The molecule has 0 fully saturated rings.